The van der Waals surface area contributed by atoms with Gasteiger partial charge in [0.1, 0.15) is 5.82 Å². The molecule has 2 rings (SSSR count). The Morgan fingerprint density at radius 1 is 1.29 bits per heavy atom. The number of benzene rings is 1. The van der Waals surface area contributed by atoms with E-state index < -0.39 is 9.84 Å². The zero-order chi connectivity index (χ0) is 15.6. The predicted octanol–water partition coefficient (Wildman–Crippen LogP) is 3.56. The lowest BCUT2D eigenvalue weighted by Crippen LogP contribution is -2.09. The summed E-state index contributed by atoms with van der Waals surface area (Å²) < 4.78 is 37.2. The van der Waals surface area contributed by atoms with Gasteiger partial charge in [0.2, 0.25) is 0 Å². The third kappa shape index (κ3) is 4.01. The lowest BCUT2D eigenvalue weighted by atomic mass is 10.1. The molecule has 0 amide bonds. The summed E-state index contributed by atoms with van der Waals surface area (Å²) in [4.78, 5) is 3.88. The molecule has 0 saturated carbocycles. The Bertz CT molecular complexity index is 748. The fraction of sp³-hybridized carbons (Fsp3) is 0.214. The van der Waals surface area contributed by atoms with Crippen molar-refractivity contribution < 1.29 is 12.8 Å². The van der Waals surface area contributed by atoms with Gasteiger partial charge < -0.3 is 5.32 Å². The molecule has 0 spiro atoms. The molecular formula is C14H14BrFN2O2S. The Kier molecular flexibility index (Phi) is 4.63. The van der Waals surface area contributed by atoms with Crippen LogP contribution < -0.4 is 5.32 Å². The van der Waals surface area contributed by atoms with E-state index in [-0.39, 0.29) is 16.9 Å². The molecule has 0 aliphatic rings. The molecule has 0 fully saturated rings. The third-order valence-electron chi connectivity index (χ3n) is 2.93. The first-order chi connectivity index (χ1) is 9.77. The molecule has 2 aromatic rings. The molecule has 1 N–H and O–H groups in total. The van der Waals surface area contributed by atoms with Crippen molar-refractivity contribution in [2.45, 2.75) is 18.0 Å². The van der Waals surface area contributed by atoms with E-state index in [9.17, 15) is 12.8 Å². The first-order valence-corrected chi connectivity index (χ1v) is 8.83. The molecule has 1 atom stereocenters. The summed E-state index contributed by atoms with van der Waals surface area (Å²) >= 11 is 3.21. The second kappa shape index (κ2) is 6.11. The zero-order valence-electron chi connectivity index (χ0n) is 11.5. The van der Waals surface area contributed by atoms with Crippen LogP contribution in [0.5, 0.6) is 0 Å². The van der Waals surface area contributed by atoms with Crippen molar-refractivity contribution in [1.29, 1.82) is 0 Å². The molecular weight excluding hydrogens is 359 g/mol. The first-order valence-electron chi connectivity index (χ1n) is 6.15. The summed E-state index contributed by atoms with van der Waals surface area (Å²) in [5.74, 6) is -0.315. The molecule has 4 nitrogen and oxygen atoms in total. The van der Waals surface area contributed by atoms with Crippen molar-refractivity contribution in [1.82, 2.24) is 4.98 Å². The minimum absolute atomic E-state index is 0.00975. The number of rotatable bonds is 4. The van der Waals surface area contributed by atoms with Gasteiger partial charge in [-0.15, -0.1) is 0 Å². The predicted molar refractivity (Wildman–Crippen MR) is 83.5 cm³/mol. The zero-order valence-corrected chi connectivity index (χ0v) is 13.9. The van der Waals surface area contributed by atoms with Gasteiger partial charge in [0.05, 0.1) is 17.9 Å². The van der Waals surface area contributed by atoms with E-state index >= 15 is 0 Å². The van der Waals surface area contributed by atoms with Crippen molar-refractivity contribution in [2.24, 2.45) is 0 Å². The van der Waals surface area contributed by atoms with Gasteiger partial charge in [-0.1, -0.05) is 22.0 Å². The maximum atomic E-state index is 13.9. The Morgan fingerprint density at radius 2 is 2.00 bits per heavy atom. The van der Waals surface area contributed by atoms with Crippen molar-refractivity contribution in [3.8, 4) is 0 Å². The summed E-state index contributed by atoms with van der Waals surface area (Å²) in [5.41, 5.74) is 1.14. The van der Waals surface area contributed by atoms with Crippen LogP contribution >= 0.6 is 15.9 Å². The molecule has 1 heterocycles. The summed E-state index contributed by atoms with van der Waals surface area (Å²) in [6, 6.07) is 7.61. The number of anilines is 1. The minimum Gasteiger partial charge on any atom is -0.377 e. The van der Waals surface area contributed by atoms with Crippen LogP contribution in [-0.4, -0.2) is 19.7 Å². The highest BCUT2D eigenvalue weighted by molar-refractivity contribution is 9.10. The standard InChI is InChI=1S/C14H14BrFN2O2S/c1-9(12-5-3-10(15)7-13(12)16)18-11-4-6-14(17-8-11)21(2,19)20/h3-9,18H,1-2H3. The van der Waals surface area contributed by atoms with E-state index in [0.29, 0.717) is 15.7 Å². The normalized spacial score (nSPS) is 13.0. The largest absolute Gasteiger partial charge is 0.377 e. The van der Waals surface area contributed by atoms with E-state index in [0.717, 1.165) is 6.26 Å². The number of halogens is 2. The van der Waals surface area contributed by atoms with E-state index in [1.807, 2.05) is 6.92 Å². The summed E-state index contributed by atoms with van der Waals surface area (Å²) in [6.07, 6.45) is 2.52. The molecule has 0 radical (unpaired) electrons. The minimum atomic E-state index is -3.32. The van der Waals surface area contributed by atoms with Gasteiger partial charge in [-0.25, -0.2) is 17.8 Å². The maximum absolute atomic E-state index is 13.9. The summed E-state index contributed by atoms with van der Waals surface area (Å²) in [6.45, 7) is 1.82. The highest BCUT2D eigenvalue weighted by atomic mass is 79.9. The molecule has 1 aromatic heterocycles. The second-order valence-corrected chi connectivity index (χ2v) is 7.57. The highest BCUT2D eigenvalue weighted by Crippen LogP contribution is 2.24. The number of nitrogens with one attached hydrogen (secondary N) is 1. The van der Waals surface area contributed by atoms with Gasteiger partial charge in [-0.05, 0) is 31.2 Å². The third-order valence-corrected chi connectivity index (χ3v) is 4.42. The topological polar surface area (TPSA) is 59.1 Å². The molecule has 0 aliphatic heterocycles. The van der Waals surface area contributed by atoms with Crippen molar-refractivity contribution in [2.75, 3.05) is 11.6 Å². The number of hydrogen-bond acceptors (Lipinski definition) is 4. The number of aromatic nitrogens is 1. The summed E-state index contributed by atoms with van der Waals surface area (Å²) in [7, 11) is -3.32. The van der Waals surface area contributed by atoms with Crippen molar-refractivity contribution >= 4 is 31.5 Å². The molecule has 0 aliphatic carbocycles. The Balaban J connectivity index is 2.18. The van der Waals surface area contributed by atoms with Gasteiger partial charge in [0.25, 0.3) is 0 Å². The van der Waals surface area contributed by atoms with Crippen LogP contribution in [0.15, 0.2) is 46.0 Å². The molecule has 112 valence electrons. The molecule has 1 aromatic carbocycles. The van der Waals surface area contributed by atoms with Crippen LogP contribution in [0.1, 0.15) is 18.5 Å². The lowest BCUT2D eigenvalue weighted by molar-refractivity contribution is 0.598. The van der Waals surface area contributed by atoms with E-state index in [1.165, 1.54) is 18.3 Å². The molecule has 7 heteroatoms. The molecule has 21 heavy (non-hydrogen) atoms. The number of nitrogens with zero attached hydrogens (tertiary/aromatic N) is 1. The van der Waals surface area contributed by atoms with Crippen LogP contribution in [0.4, 0.5) is 10.1 Å². The average Bonchev–Trinajstić information content (AvgIpc) is 2.38. The van der Waals surface area contributed by atoms with Gasteiger partial charge in [-0.3, -0.25) is 0 Å². The highest BCUT2D eigenvalue weighted by Gasteiger charge is 2.12. The van der Waals surface area contributed by atoms with Gasteiger partial charge >= 0.3 is 0 Å². The van der Waals surface area contributed by atoms with E-state index in [1.54, 1.807) is 18.2 Å². The van der Waals surface area contributed by atoms with Gasteiger partial charge in [0, 0.05) is 16.3 Å². The smallest absolute Gasteiger partial charge is 0.192 e. The van der Waals surface area contributed by atoms with E-state index in [4.69, 9.17) is 0 Å². The van der Waals surface area contributed by atoms with Crippen LogP contribution in [-0.2, 0) is 9.84 Å². The maximum Gasteiger partial charge on any atom is 0.192 e. The first kappa shape index (κ1) is 15.9. The molecule has 0 saturated heterocycles. The average molecular weight is 373 g/mol. The fourth-order valence-electron chi connectivity index (χ4n) is 1.87. The number of hydrogen-bond donors (Lipinski definition) is 1. The summed E-state index contributed by atoms with van der Waals surface area (Å²) in [5, 5.41) is 3.09. The monoisotopic (exact) mass is 372 g/mol. The molecule has 1 unspecified atom stereocenters. The van der Waals surface area contributed by atoms with Gasteiger partial charge in [-0.2, -0.15) is 0 Å². The van der Waals surface area contributed by atoms with E-state index in [2.05, 4.69) is 26.2 Å². The Labute approximate surface area is 131 Å². The lowest BCUT2D eigenvalue weighted by Gasteiger charge is -2.16. The van der Waals surface area contributed by atoms with Crippen molar-refractivity contribution in [3.63, 3.8) is 0 Å². The van der Waals surface area contributed by atoms with Gasteiger partial charge in [0.15, 0.2) is 14.9 Å². The fourth-order valence-corrected chi connectivity index (χ4v) is 2.76. The Morgan fingerprint density at radius 3 is 2.52 bits per heavy atom. The number of pyridine rings is 1. The second-order valence-electron chi connectivity index (χ2n) is 4.69. The van der Waals surface area contributed by atoms with Crippen molar-refractivity contribution in [3.05, 3.63) is 52.4 Å². The Hall–Kier alpha value is -1.47. The quantitative estimate of drug-likeness (QED) is 0.891. The number of sulfone groups is 1. The van der Waals surface area contributed by atoms with Crippen LogP contribution in [0, 0.1) is 5.82 Å². The van der Waals surface area contributed by atoms with Crippen LogP contribution in [0.25, 0.3) is 0 Å². The van der Waals surface area contributed by atoms with Crippen LogP contribution in [0.2, 0.25) is 0 Å². The SMILES string of the molecule is CC(Nc1ccc(S(C)(=O)=O)nc1)c1ccc(Br)cc1F. The molecule has 0 bridgehead atoms. The van der Waals surface area contributed by atoms with Crippen LogP contribution in [0.3, 0.4) is 0 Å².